The average Bonchev–Trinajstić information content (AvgIpc) is 2.45. The standard InChI is InChI=1S/C14H15NO5S/c1-20-11-5-6-12-10(7-11)3-2-4-13(12)21(18,19)9-15-8-14(16)17/h2-7,9,18-19H,8H2,1H3,(H,16,17). The number of aliphatic imine (C=N–C) groups is 1. The molecule has 0 radical (unpaired) electrons. The minimum atomic E-state index is -3.30. The smallest absolute Gasteiger partial charge is 0.325 e. The van der Waals surface area contributed by atoms with Crippen LogP contribution in [0.3, 0.4) is 0 Å². The monoisotopic (exact) mass is 309 g/mol. The zero-order valence-corrected chi connectivity index (χ0v) is 12.1. The molecule has 0 saturated carbocycles. The van der Waals surface area contributed by atoms with E-state index in [2.05, 4.69) is 4.99 Å². The molecule has 0 heterocycles. The van der Waals surface area contributed by atoms with E-state index in [9.17, 15) is 13.9 Å². The Morgan fingerprint density at radius 1 is 1.33 bits per heavy atom. The second kappa shape index (κ2) is 6.13. The summed E-state index contributed by atoms with van der Waals surface area (Å²) in [7, 11) is -1.75. The van der Waals surface area contributed by atoms with Crippen LogP contribution >= 0.6 is 10.6 Å². The Bertz CT molecular complexity index is 699. The number of benzene rings is 2. The number of methoxy groups -OCH3 is 1. The normalized spacial score (nSPS) is 12.7. The first-order valence-corrected chi connectivity index (χ1v) is 7.62. The predicted molar refractivity (Wildman–Crippen MR) is 82.6 cm³/mol. The molecule has 6 nitrogen and oxygen atoms in total. The lowest BCUT2D eigenvalue weighted by Gasteiger charge is -2.28. The van der Waals surface area contributed by atoms with E-state index in [0.717, 1.165) is 10.9 Å². The van der Waals surface area contributed by atoms with Gasteiger partial charge in [-0.1, -0.05) is 12.1 Å². The number of rotatable bonds is 5. The minimum absolute atomic E-state index is 0.303. The molecule has 0 fully saturated rings. The van der Waals surface area contributed by atoms with Crippen LogP contribution < -0.4 is 4.74 Å². The van der Waals surface area contributed by atoms with Crippen LogP contribution in [0.5, 0.6) is 5.75 Å². The van der Waals surface area contributed by atoms with Gasteiger partial charge in [-0.2, -0.15) is 0 Å². The van der Waals surface area contributed by atoms with Crippen LogP contribution in [0.15, 0.2) is 46.3 Å². The third-order valence-corrected chi connectivity index (χ3v) is 4.27. The highest BCUT2D eigenvalue weighted by atomic mass is 32.3. The highest BCUT2D eigenvalue weighted by Crippen LogP contribution is 2.48. The maximum absolute atomic E-state index is 10.4. The molecule has 21 heavy (non-hydrogen) atoms. The predicted octanol–water partition coefficient (Wildman–Crippen LogP) is 3.07. The van der Waals surface area contributed by atoms with Gasteiger partial charge < -0.3 is 9.84 Å². The number of hydrogen-bond acceptors (Lipinski definition) is 5. The van der Waals surface area contributed by atoms with Crippen molar-refractivity contribution in [3.8, 4) is 5.75 Å². The Hall–Kier alpha value is -2.09. The molecular weight excluding hydrogens is 294 g/mol. The van der Waals surface area contributed by atoms with Crippen molar-refractivity contribution in [3.05, 3.63) is 36.4 Å². The molecule has 0 aromatic heterocycles. The fourth-order valence-electron chi connectivity index (χ4n) is 1.90. The number of carbonyl (C=O) groups is 1. The summed E-state index contributed by atoms with van der Waals surface area (Å²) >= 11 is 0. The fraction of sp³-hybridized carbons (Fsp3) is 0.143. The molecule has 0 aliphatic rings. The van der Waals surface area contributed by atoms with Crippen molar-refractivity contribution in [2.75, 3.05) is 13.7 Å². The lowest BCUT2D eigenvalue weighted by molar-refractivity contribution is -0.135. The van der Waals surface area contributed by atoms with Gasteiger partial charge in [0.1, 0.15) is 17.8 Å². The molecular formula is C14H15NO5S. The van der Waals surface area contributed by atoms with Crippen LogP contribution in [-0.2, 0) is 4.79 Å². The summed E-state index contributed by atoms with van der Waals surface area (Å²) in [5, 5.41) is 9.97. The summed E-state index contributed by atoms with van der Waals surface area (Å²) in [6.07, 6.45) is 0. The lowest BCUT2D eigenvalue weighted by Crippen LogP contribution is -2.04. The molecule has 7 heteroatoms. The molecule has 112 valence electrons. The van der Waals surface area contributed by atoms with Gasteiger partial charge in [-0.25, -0.2) is 0 Å². The van der Waals surface area contributed by atoms with E-state index < -0.39 is 23.1 Å². The molecule has 3 N–H and O–H groups in total. The Morgan fingerprint density at radius 2 is 2.10 bits per heavy atom. The average molecular weight is 309 g/mol. The van der Waals surface area contributed by atoms with Crippen molar-refractivity contribution in [1.29, 1.82) is 0 Å². The van der Waals surface area contributed by atoms with Gasteiger partial charge in [-0.3, -0.25) is 18.9 Å². The molecule has 0 bridgehead atoms. The minimum Gasteiger partial charge on any atom is -0.497 e. The van der Waals surface area contributed by atoms with Crippen molar-refractivity contribution in [1.82, 2.24) is 0 Å². The fourth-order valence-corrected chi connectivity index (χ4v) is 3.08. The van der Waals surface area contributed by atoms with Crippen LogP contribution in [0.2, 0.25) is 0 Å². The van der Waals surface area contributed by atoms with E-state index in [-0.39, 0.29) is 0 Å². The second-order valence-corrected chi connectivity index (χ2v) is 6.11. The van der Waals surface area contributed by atoms with Gasteiger partial charge in [0.15, 0.2) is 0 Å². The maximum atomic E-state index is 10.4. The zero-order chi connectivity index (χ0) is 15.5. The van der Waals surface area contributed by atoms with Gasteiger partial charge in [0.2, 0.25) is 0 Å². The molecule has 0 amide bonds. The SMILES string of the molecule is COc1ccc2c(S(O)(O)C=NCC(=O)O)cccc2c1. The zero-order valence-electron chi connectivity index (χ0n) is 11.3. The first-order valence-electron chi connectivity index (χ1n) is 6.01. The van der Waals surface area contributed by atoms with Crippen LogP contribution in [-0.4, -0.2) is 39.4 Å². The van der Waals surface area contributed by atoms with Gasteiger partial charge in [0.25, 0.3) is 0 Å². The molecule has 0 spiro atoms. The summed E-state index contributed by atoms with van der Waals surface area (Å²) in [6, 6.07) is 10.3. The quantitative estimate of drug-likeness (QED) is 0.582. The molecule has 0 atom stereocenters. The third kappa shape index (κ3) is 3.52. The Morgan fingerprint density at radius 3 is 2.76 bits per heavy atom. The van der Waals surface area contributed by atoms with Crippen LogP contribution in [0.25, 0.3) is 10.8 Å². The topological polar surface area (TPSA) is 99.4 Å². The van der Waals surface area contributed by atoms with Gasteiger partial charge in [-0.05, 0) is 29.7 Å². The van der Waals surface area contributed by atoms with Crippen molar-refractivity contribution >= 4 is 32.9 Å². The summed E-state index contributed by atoms with van der Waals surface area (Å²) in [5.41, 5.74) is 0.903. The number of carboxylic acids is 1. The van der Waals surface area contributed by atoms with E-state index in [4.69, 9.17) is 9.84 Å². The number of carboxylic acid groups (broad SMARTS) is 1. The second-order valence-electron chi connectivity index (χ2n) is 4.28. The van der Waals surface area contributed by atoms with Gasteiger partial charge in [0.05, 0.1) is 12.0 Å². The van der Waals surface area contributed by atoms with Crippen molar-refractivity contribution in [3.63, 3.8) is 0 Å². The Balaban J connectivity index is 2.45. The number of fused-ring (bicyclic) bond motifs is 1. The summed E-state index contributed by atoms with van der Waals surface area (Å²) < 4.78 is 25.5. The van der Waals surface area contributed by atoms with Crippen LogP contribution in [0, 0.1) is 0 Å². The number of nitrogens with zero attached hydrogens (tertiary/aromatic N) is 1. The Labute approximate surface area is 123 Å². The molecule has 0 unspecified atom stereocenters. The van der Waals surface area contributed by atoms with E-state index in [0.29, 0.717) is 16.0 Å². The highest BCUT2D eigenvalue weighted by Gasteiger charge is 2.16. The van der Waals surface area contributed by atoms with E-state index in [1.807, 2.05) is 6.07 Å². The Kier molecular flexibility index (Phi) is 4.46. The van der Waals surface area contributed by atoms with Gasteiger partial charge >= 0.3 is 5.97 Å². The van der Waals surface area contributed by atoms with Crippen molar-refractivity contribution in [2.24, 2.45) is 4.99 Å². The molecule has 0 aliphatic carbocycles. The van der Waals surface area contributed by atoms with Gasteiger partial charge in [0, 0.05) is 5.39 Å². The highest BCUT2D eigenvalue weighted by molar-refractivity contribution is 8.35. The molecule has 2 rings (SSSR count). The number of hydrogen-bond donors (Lipinski definition) is 3. The van der Waals surface area contributed by atoms with Crippen LogP contribution in [0.1, 0.15) is 0 Å². The van der Waals surface area contributed by atoms with Gasteiger partial charge in [-0.15, -0.1) is 10.6 Å². The first-order chi connectivity index (χ1) is 9.94. The molecule has 2 aromatic carbocycles. The van der Waals surface area contributed by atoms with Crippen molar-refractivity contribution < 1.29 is 23.7 Å². The van der Waals surface area contributed by atoms with E-state index in [1.54, 1.807) is 37.4 Å². The largest absolute Gasteiger partial charge is 0.497 e. The molecule has 0 saturated heterocycles. The van der Waals surface area contributed by atoms with Crippen molar-refractivity contribution in [2.45, 2.75) is 4.90 Å². The first kappa shape index (κ1) is 15.3. The number of aliphatic carboxylic acids is 1. The summed E-state index contributed by atoms with van der Waals surface area (Å²) in [6.45, 7) is -0.505. The van der Waals surface area contributed by atoms with E-state index >= 15 is 0 Å². The molecule has 0 aliphatic heterocycles. The van der Waals surface area contributed by atoms with E-state index in [1.165, 1.54) is 0 Å². The summed E-state index contributed by atoms with van der Waals surface area (Å²) in [4.78, 5) is 14.3. The summed E-state index contributed by atoms with van der Waals surface area (Å²) in [5.74, 6) is -0.472. The third-order valence-electron chi connectivity index (χ3n) is 2.82. The lowest BCUT2D eigenvalue weighted by atomic mass is 10.1. The number of ether oxygens (including phenoxy) is 1. The van der Waals surface area contributed by atoms with Crippen LogP contribution in [0.4, 0.5) is 0 Å². The maximum Gasteiger partial charge on any atom is 0.325 e. The molecule has 2 aromatic rings.